The van der Waals surface area contributed by atoms with Crippen molar-refractivity contribution in [1.29, 1.82) is 0 Å². The molecule has 1 saturated heterocycles. The number of urea groups is 2. The van der Waals surface area contributed by atoms with Gasteiger partial charge in [0.05, 0.1) is 25.3 Å². The Kier molecular flexibility index (Phi) is 42.0. The number of amides is 12. The molecule has 35 nitrogen and oxygen atoms in total. The Hall–Kier alpha value is -9.53. The molecule has 1 fully saturated rings. The number of aliphatic hydroxyl groups excluding tert-OH is 1. The van der Waals surface area contributed by atoms with Crippen LogP contribution in [0.15, 0.2) is 53.9 Å². The van der Waals surface area contributed by atoms with E-state index in [0.29, 0.717) is 61.8 Å². The average molecular weight is 1620 g/mol. The van der Waals surface area contributed by atoms with Crippen LogP contribution in [-0.2, 0) is 76.8 Å². The second-order valence-electron chi connectivity index (χ2n) is 27.6. The second kappa shape index (κ2) is 49.7. The lowest BCUT2D eigenvalue weighted by Crippen LogP contribution is -2.59. The fourth-order valence-corrected chi connectivity index (χ4v) is 14.1. The van der Waals surface area contributed by atoms with Crippen LogP contribution >= 0.6 is 32.9 Å². The number of phenolic OH excluding ortho intramolecular Hbond substituents is 1. The number of piperidine rings is 1. The molecule has 12 amide bonds. The van der Waals surface area contributed by atoms with Crippen molar-refractivity contribution in [3.05, 3.63) is 81.3 Å². The zero-order valence-electron chi connectivity index (χ0n) is 64.2. The molecule has 1 unspecified atom stereocenters. The molecule has 2 aromatic carbocycles. The Labute approximate surface area is 657 Å². The van der Waals surface area contributed by atoms with Crippen molar-refractivity contribution >= 4 is 116 Å². The minimum absolute atomic E-state index is 0.00483. The third-order valence-corrected chi connectivity index (χ3v) is 21.4. The van der Waals surface area contributed by atoms with E-state index in [4.69, 9.17) is 14.6 Å². The van der Waals surface area contributed by atoms with Crippen molar-refractivity contribution in [3.8, 4) is 5.75 Å². The Bertz CT molecular complexity index is 3560. The lowest BCUT2D eigenvalue weighted by molar-refractivity contribution is -0.159. The zero-order valence-corrected chi connectivity index (χ0v) is 66.7. The second-order valence-corrected chi connectivity index (χ2v) is 31.2. The summed E-state index contributed by atoms with van der Waals surface area (Å²) in [6.07, 6.45) is 1.21. The zero-order chi connectivity index (χ0) is 82.3. The number of hydrogen-bond donors (Lipinski definition) is 16. The number of carbonyl (C=O) groups is 14. The maximum Gasteiger partial charge on any atom is 0.426 e. The summed E-state index contributed by atoms with van der Waals surface area (Å²) in [4.78, 5) is 188. The van der Waals surface area contributed by atoms with Crippen LogP contribution in [0.5, 0.6) is 5.75 Å². The number of likely N-dealkylation sites (N-methyl/N-ethyl adjacent to an activating group) is 1. The molecular weight excluding hydrogens is 1510 g/mol. The number of benzene rings is 2. The number of ether oxygens (including phenoxy) is 2. The molecule has 38 heteroatoms. The number of carboxylic acid groups (broad SMARTS) is 3. The minimum atomic E-state index is -1.71. The summed E-state index contributed by atoms with van der Waals surface area (Å²) in [5.41, 5.74) is 6.29. The highest BCUT2D eigenvalue weighted by Gasteiger charge is 2.39. The van der Waals surface area contributed by atoms with Gasteiger partial charge in [0.1, 0.15) is 53.3 Å². The van der Waals surface area contributed by atoms with Gasteiger partial charge in [0.15, 0.2) is 6.73 Å². The SMILES string of the molecule is CCCC(=O)OCN(C(=O)[C@@H](NC(=O)[C@H]1CCCCN1C)C(C)CC)[C@H](C[C@@H](O)c1nc(C(=O)N[C@@H](Cc2ccc(O)cc2)C[C@H](C)C(=O)NNC(=O)OCCSSCCNC(=O)[C@@H](CC(=O)O)NC(=O)[C@@H](CC(=O)O)NC(=O)Cc2ccc(CNC(=O)NCCCC[C@@H](C)NC(=O)N[C@@H](C)C(=O)O)cc2)cs1)C(C)C. The molecular formula is C73H110N14O21S3. The molecule has 616 valence electrons. The predicted molar refractivity (Wildman–Crippen MR) is 413 cm³/mol. The average Bonchev–Trinajstić information content (AvgIpc) is 1.69. The van der Waals surface area contributed by atoms with E-state index in [0.717, 1.165) is 30.7 Å². The molecule has 1 aliphatic rings. The third-order valence-electron chi connectivity index (χ3n) is 18.0. The lowest BCUT2D eigenvalue weighted by Gasteiger charge is -2.39. The molecule has 11 atom stereocenters. The number of rotatable bonds is 48. The fraction of sp³-hybridized carbons (Fsp3) is 0.603. The van der Waals surface area contributed by atoms with Crippen LogP contribution in [0, 0.1) is 17.8 Å². The Morgan fingerprint density at radius 3 is 1.99 bits per heavy atom. The molecule has 3 aromatic rings. The summed E-state index contributed by atoms with van der Waals surface area (Å²) in [5, 5.41) is 75.0. The number of hydrazine groups is 1. The number of aliphatic hydroxyl groups is 1. The van der Waals surface area contributed by atoms with Gasteiger partial charge in [-0.3, -0.25) is 63.1 Å². The summed E-state index contributed by atoms with van der Waals surface area (Å²) in [5.74, 6) is -10.4. The van der Waals surface area contributed by atoms with Gasteiger partial charge in [-0.05, 0) is 119 Å². The van der Waals surface area contributed by atoms with Crippen LogP contribution in [0.4, 0.5) is 14.4 Å². The highest BCUT2D eigenvalue weighted by atomic mass is 33.1. The quantitative estimate of drug-likeness (QED) is 0.0123. The number of carbonyl (C=O) groups excluding carboxylic acids is 11. The van der Waals surface area contributed by atoms with Crippen molar-refractivity contribution in [1.82, 2.24) is 73.5 Å². The Morgan fingerprint density at radius 2 is 1.35 bits per heavy atom. The summed E-state index contributed by atoms with van der Waals surface area (Å²) < 4.78 is 10.8. The van der Waals surface area contributed by atoms with Gasteiger partial charge in [0, 0.05) is 73.4 Å². The first-order valence-electron chi connectivity index (χ1n) is 37.0. The number of carboxylic acids is 3. The molecule has 16 N–H and O–H groups in total. The molecule has 111 heavy (non-hydrogen) atoms. The highest BCUT2D eigenvalue weighted by Crippen LogP contribution is 2.30. The topological polar surface area (TPSA) is 510 Å². The molecule has 2 heterocycles. The molecule has 4 rings (SSSR count). The fourth-order valence-electron chi connectivity index (χ4n) is 11.6. The number of unbranched alkanes of at least 4 members (excludes halogenated alkanes) is 1. The van der Waals surface area contributed by atoms with Crippen LogP contribution in [0.1, 0.15) is 177 Å². The standard InChI is InChI=1S/C73H110N14O21S3/c1-10-16-61(95)108-41-87(69(101)62(43(5)11-2)83-67(100)55-18-13-15-29-86(55)9)56(42(3)4)38-57(89)68-82-54(40-109-68)66(99)79-50(34-47-23-25-51(88)26-24-47)33-44(6)63(96)84-85-73(106)107-30-32-111-110-31-28-74-64(97)52(36-59(91)92)81-65(98)53(37-60(93)94)80-58(90)35-48-19-21-49(22-20-48)39-76-71(104)75-27-14-12-17-45(7)77-72(105)78-46(8)70(102)103/h19-26,40,42-46,50,52-53,55-57,62,88-89H,10-18,27-39,41H2,1-9H3,(H,74,97)(H,79,99)(H,80,90)(H,81,98)(H,83,100)(H,84,96)(H,85,106)(H,91,92)(H,93,94)(H,102,103)(H2,75,76,104)(H2,77,78,105)/t43?,44-,45+,46-,50+,52+,53+,55+,56+,57+,62-/m0/s1. The summed E-state index contributed by atoms with van der Waals surface area (Å²) in [6, 6.07) is 4.14. The van der Waals surface area contributed by atoms with Gasteiger partial charge < -0.3 is 87.8 Å². The largest absolute Gasteiger partial charge is 0.508 e. The van der Waals surface area contributed by atoms with Gasteiger partial charge >= 0.3 is 42.0 Å². The number of phenols is 1. The van der Waals surface area contributed by atoms with Crippen molar-refractivity contribution in [2.45, 2.75) is 213 Å². The van der Waals surface area contributed by atoms with Crippen molar-refractivity contribution in [3.63, 3.8) is 0 Å². The number of aromatic nitrogens is 1. The van der Waals surface area contributed by atoms with Gasteiger partial charge in [-0.25, -0.2) is 24.8 Å². The predicted octanol–water partition coefficient (Wildman–Crippen LogP) is 4.36. The van der Waals surface area contributed by atoms with E-state index < -0.39 is 151 Å². The first-order valence-corrected chi connectivity index (χ1v) is 40.4. The first kappa shape index (κ1) is 93.8. The molecule has 1 aromatic heterocycles. The molecule has 0 saturated carbocycles. The molecule has 0 radical (unpaired) electrons. The van der Waals surface area contributed by atoms with Crippen molar-refractivity contribution < 1.29 is 102 Å². The van der Waals surface area contributed by atoms with Crippen LogP contribution in [-0.4, -0.2) is 224 Å². The number of thiazole rings is 1. The van der Waals surface area contributed by atoms with Crippen LogP contribution in [0.3, 0.4) is 0 Å². The Morgan fingerprint density at radius 1 is 0.694 bits per heavy atom. The van der Waals surface area contributed by atoms with E-state index in [9.17, 15) is 87.5 Å². The van der Waals surface area contributed by atoms with E-state index in [-0.39, 0.29) is 104 Å². The number of aliphatic carboxylic acids is 3. The van der Waals surface area contributed by atoms with E-state index >= 15 is 0 Å². The van der Waals surface area contributed by atoms with E-state index in [2.05, 4.69) is 63.7 Å². The number of nitrogens with one attached hydrogen (secondary N) is 11. The third kappa shape index (κ3) is 35.6. The maximum absolute atomic E-state index is 14.8. The van der Waals surface area contributed by atoms with E-state index in [1.54, 1.807) is 50.2 Å². The Balaban J connectivity index is 1.22. The minimum Gasteiger partial charge on any atom is -0.508 e. The number of esters is 1. The van der Waals surface area contributed by atoms with Gasteiger partial charge in [-0.2, -0.15) is 0 Å². The van der Waals surface area contributed by atoms with Crippen molar-refractivity contribution in [2.24, 2.45) is 17.8 Å². The highest BCUT2D eigenvalue weighted by molar-refractivity contribution is 8.76. The monoisotopic (exact) mass is 1610 g/mol. The molecule has 0 aliphatic carbocycles. The van der Waals surface area contributed by atoms with Gasteiger partial charge in [-0.1, -0.05) is 112 Å². The van der Waals surface area contributed by atoms with Crippen molar-refractivity contribution in [2.75, 3.05) is 51.5 Å². The maximum atomic E-state index is 14.8. The molecule has 0 bridgehead atoms. The van der Waals surface area contributed by atoms with Crippen LogP contribution < -0.4 is 58.7 Å². The molecule has 1 aliphatic heterocycles. The number of hydrogen-bond acceptors (Lipinski definition) is 23. The summed E-state index contributed by atoms with van der Waals surface area (Å²) in [7, 11) is 4.35. The van der Waals surface area contributed by atoms with Gasteiger partial charge in [0.2, 0.25) is 35.4 Å². The van der Waals surface area contributed by atoms with E-state index in [1.807, 2.05) is 46.6 Å². The summed E-state index contributed by atoms with van der Waals surface area (Å²) >= 11 is 1.01. The molecule has 0 spiro atoms. The lowest BCUT2D eigenvalue weighted by atomic mass is 9.92. The van der Waals surface area contributed by atoms with Crippen LogP contribution in [0.25, 0.3) is 0 Å². The van der Waals surface area contributed by atoms with Gasteiger partial charge in [-0.15, -0.1) is 11.3 Å². The first-order chi connectivity index (χ1) is 52.7. The number of nitrogens with zero attached hydrogens (tertiary/aromatic N) is 3. The summed E-state index contributed by atoms with van der Waals surface area (Å²) in [6.45, 7) is 14.6. The number of likely N-dealkylation sites (tertiary alicyclic amines) is 1. The van der Waals surface area contributed by atoms with Crippen LogP contribution in [0.2, 0.25) is 0 Å². The normalized spacial score (nSPS) is 15.4. The van der Waals surface area contributed by atoms with Gasteiger partial charge in [0.25, 0.3) is 5.91 Å². The van der Waals surface area contributed by atoms with E-state index in [1.165, 1.54) is 50.9 Å². The smallest absolute Gasteiger partial charge is 0.426 e. The number of aromatic hydroxyl groups is 1.